The Morgan fingerprint density at radius 1 is 1.53 bits per heavy atom. The summed E-state index contributed by atoms with van der Waals surface area (Å²) in [5, 5.41) is 10.1. The first-order chi connectivity index (χ1) is 7.15. The lowest BCUT2D eigenvalue weighted by Crippen LogP contribution is -1.99. The third-order valence-corrected chi connectivity index (χ3v) is 2.29. The van der Waals surface area contributed by atoms with Crippen LogP contribution in [0.25, 0.3) is 0 Å². The summed E-state index contributed by atoms with van der Waals surface area (Å²) in [7, 11) is 0. The largest absolute Gasteiger partial charge is 0.478 e. The predicted molar refractivity (Wildman–Crippen MR) is 63.7 cm³/mol. The maximum absolute atomic E-state index is 10.8. The van der Waals surface area contributed by atoms with E-state index >= 15 is 0 Å². The summed E-state index contributed by atoms with van der Waals surface area (Å²) in [6.07, 6.45) is 0.672. The van der Waals surface area contributed by atoms with Crippen molar-refractivity contribution in [1.29, 1.82) is 0 Å². The van der Waals surface area contributed by atoms with Gasteiger partial charge in [-0.25, -0.2) is 4.79 Å². The SMILES string of the molecule is O=C(O)c1ccc(Cl)cc1C#CCCBr. The van der Waals surface area contributed by atoms with E-state index in [0.29, 0.717) is 17.0 Å². The van der Waals surface area contributed by atoms with E-state index in [-0.39, 0.29) is 5.56 Å². The van der Waals surface area contributed by atoms with Crippen molar-refractivity contribution in [1.82, 2.24) is 0 Å². The maximum atomic E-state index is 10.8. The Labute approximate surface area is 101 Å². The molecule has 0 aliphatic rings. The van der Waals surface area contributed by atoms with Crippen molar-refractivity contribution in [3.8, 4) is 11.8 Å². The number of carboxylic acid groups (broad SMARTS) is 1. The summed E-state index contributed by atoms with van der Waals surface area (Å²) in [6.45, 7) is 0. The molecule has 1 aromatic carbocycles. The Morgan fingerprint density at radius 2 is 2.27 bits per heavy atom. The molecule has 0 aliphatic carbocycles. The zero-order valence-electron chi connectivity index (χ0n) is 7.76. The van der Waals surface area contributed by atoms with Crippen molar-refractivity contribution >= 4 is 33.5 Å². The fraction of sp³-hybridized carbons (Fsp3) is 0.182. The number of alkyl halides is 1. The highest BCUT2D eigenvalue weighted by atomic mass is 79.9. The van der Waals surface area contributed by atoms with E-state index in [2.05, 4.69) is 27.8 Å². The number of rotatable bonds is 2. The summed E-state index contributed by atoms with van der Waals surface area (Å²) < 4.78 is 0. The molecule has 0 heterocycles. The fourth-order valence-electron chi connectivity index (χ4n) is 1.01. The number of aromatic carboxylic acids is 1. The van der Waals surface area contributed by atoms with Crippen molar-refractivity contribution < 1.29 is 9.90 Å². The number of halogens is 2. The monoisotopic (exact) mass is 286 g/mol. The van der Waals surface area contributed by atoms with Crippen LogP contribution in [0.5, 0.6) is 0 Å². The first-order valence-electron chi connectivity index (χ1n) is 4.23. The zero-order chi connectivity index (χ0) is 11.3. The van der Waals surface area contributed by atoms with Gasteiger partial charge < -0.3 is 5.11 Å². The lowest BCUT2D eigenvalue weighted by atomic mass is 10.1. The molecule has 0 bridgehead atoms. The molecule has 4 heteroatoms. The Morgan fingerprint density at radius 3 is 2.87 bits per heavy atom. The van der Waals surface area contributed by atoms with Crippen molar-refractivity contribution in [3.05, 3.63) is 34.3 Å². The maximum Gasteiger partial charge on any atom is 0.336 e. The van der Waals surface area contributed by atoms with Crippen molar-refractivity contribution in [2.24, 2.45) is 0 Å². The van der Waals surface area contributed by atoms with Crippen LogP contribution in [0, 0.1) is 11.8 Å². The highest BCUT2D eigenvalue weighted by Gasteiger charge is 2.07. The van der Waals surface area contributed by atoms with Crippen molar-refractivity contribution in [2.45, 2.75) is 6.42 Å². The summed E-state index contributed by atoms with van der Waals surface area (Å²) in [4.78, 5) is 10.8. The van der Waals surface area contributed by atoms with E-state index in [0.717, 1.165) is 5.33 Å². The van der Waals surface area contributed by atoms with Crippen LogP contribution < -0.4 is 0 Å². The van der Waals surface area contributed by atoms with Gasteiger partial charge in [0, 0.05) is 22.3 Å². The molecular weight excluding hydrogens is 279 g/mol. The molecule has 0 saturated heterocycles. The normalized spacial score (nSPS) is 9.20. The van der Waals surface area contributed by atoms with E-state index in [1.165, 1.54) is 6.07 Å². The molecule has 0 amide bonds. The fourth-order valence-corrected chi connectivity index (χ4v) is 1.38. The second kappa shape index (κ2) is 5.79. The molecule has 0 aliphatic heterocycles. The molecule has 78 valence electrons. The molecule has 0 atom stereocenters. The lowest BCUT2D eigenvalue weighted by molar-refractivity contribution is 0.0696. The first kappa shape index (κ1) is 12.1. The molecular formula is C11H8BrClO2. The second-order valence-electron chi connectivity index (χ2n) is 2.74. The van der Waals surface area contributed by atoms with Crippen LogP contribution >= 0.6 is 27.5 Å². The average Bonchev–Trinajstić information content (AvgIpc) is 2.18. The quantitative estimate of drug-likeness (QED) is 0.670. The van der Waals surface area contributed by atoms with Crippen LogP contribution in [-0.4, -0.2) is 16.4 Å². The van der Waals surface area contributed by atoms with Crippen LogP contribution in [-0.2, 0) is 0 Å². The van der Waals surface area contributed by atoms with Gasteiger partial charge in [0.25, 0.3) is 0 Å². The van der Waals surface area contributed by atoms with Crippen LogP contribution in [0.15, 0.2) is 18.2 Å². The summed E-state index contributed by atoms with van der Waals surface area (Å²) in [5.41, 5.74) is 0.637. The standard InChI is InChI=1S/C11H8BrClO2/c12-6-2-1-3-8-7-9(13)4-5-10(8)11(14)15/h4-5,7H,2,6H2,(H,14,15). The molecule has 0 spiro atoms. The van der Waals surface area contributed by atoms with E-state index < -0.39 is 5.97 Å². The van der Waals surface area contributed by atoms with Gasteiger partial charge in [-0.15, -0.1) is 0 Å². The van der Waals surface area contributed by atoms with Gasteiger partial charge in [-0.05, 0) is 18.2 Å². The Hall–Kier alpha value is -0.980. The Bertz CT molecular complexity index is 432. The minimum absolute atomic E-state index is 0.182. The van der Waals surface area contributed by atoms with Gasteiger partial charge in [-0.3, -0.25) is 0 Å². The van der Waals surface area contributed by atoms with Crippen molar-refractivity contribution in [2.75, 3.05) is 5.33 Å². The average molecular weight is 288 g/mol. The van der Waals surface area contributed by atoms with E-state index in [9.17, 15) is 4.79 Å². The topological polar surface area (TPSA) is 37.3 Å². The zero-order valence-corrected chi connectivity index (χ0v) is 10.1. The lowest BCUT2D eigenvalue weighted by Gasteiger charge is -1.99. The third kappa shape index (κ3) is 3.58. The molecule has 0 aromatic heterocycles. The minimum atomic E-state index is -0.991. The third-order valence-electron chi connectivity index (χ3n) is 1.65. The Kier molecular flexibility index (Phi) is 4.67. The highest BCUT2D eigenvalue weighted by Crippen LogP contribution is 2.15. The van der Waals surface area contributed by atoms with Gasteiger partial charge in [-0.1, -0.05) is 39.4 Å². The second-order valence-corrected chi connectivity index (χ2v) is 3.97. The first-order valence-corrected chi connectivity index (χ1v) is 5.72. The van der Waals surface area contributed by atoms with Gasteiger partial charge in [0.05, 0.1) is 5.56 Å². The smallest absolute Gasteiger partial charge is 0.336 e. The molecule has 0 fully saturated rings. The van der Waals surface area contributed by atoms with E-state index in [1.54, 1.807) is 12.1 Å². The molecule has 0 radical (unpaired) electrons. The van der Waals surface area contributed by atoms with Gasteiger partial charge in [0.15, 0.2) is 0 Å². The van der Waals surface area contributed by atoms with E-state index in [1.807, 2.05) is 0 Å². The van der Waals surface area contributed by atoms with Crippen LogP contribution in [0.4, 0.5) is 0 Å². The minimum Gasteiger partial charge on any atom is -0.478 e. The molecule has 2 nitrogen and oxygen atoms in total. The predicted octanol–water partition coefficient (Wildman–Crippen LogP) is 3.17. The summed E-state index contributed by atoms with van der Waals surface area (Å²) >= 11 is 9.00. The van der Waals surface area contributed by atoms with Gasteiger partial charge in [0.1, 0.15) is 0 Å². The molecule has 1 N–H and O–H groups in total. The Balaban J connectivity index is 3.09. The summed E-state index contributed by atoms with van der Waals surface area (Å²) in [6, 6.07) is 4.57. The molecule has 1 aromatic rings. The molecule has 15 heavy (non-hydrogen) atoms. The van der Waals surface area contributed by atoms with Gasteiger partial charge in [0.2, 0.25) is 0 Å². The van der Waals surface area contributed by atoms with Crippen LogP contribution in [0.2, 0.25) is 5.02 Å². The van der Waals surface area contributed by atoms with Gasteiger partial charge >= 0.3 is 5.97 Å². The molecule has 0 saturated carbocycles. The number of carbonyl (C=O) groups is 1. The van der Waals surface area contributed by atoms with Crippen LogP contribution in [0.1, 0.15) is 22.3 Å². The van der Waals surface area contributed by atoms with Crippen LogP contribution in [0.3, 0.4) is 0 Å². The molecule has 1 rings (SSSR count). The summed E-state index contributed by atoms with van der Waals surface area (Å²) in [5.74, 6) is 4.66. The number of carboxylic acids is 1. The van der Waals surface area contributed by atoms with E-state index in [4.69, 9.17) is 16.7 Å². The molecule has 0 unspecified atom stereocenters. The number of benzene rings is 1. The number of hydrogen-bond acceptors (Lipinski definition) is 1. The van der Waals surface area contributed by atoms with Gasteiger partial charge in [-0.2, -0.15) is 0 Å². The highest BCUT2D eigenvalue weighted by molar-refractivity contribution is 9.09. The number of hydrogen-bond donors (Lipinski definition) is 1. The van der Waals surface area contributed by atoms with Crippen molar-refractivity contribution in [3.63, 3.8) is 0 Å².